The SMILES string of the molecule is O=C(Nc1ccc(OCC(F)(F)F)nc1)C1CC(c2cccc(F)c2)=NO1. The van der Waals surface area contributed by atoms with Crippen molar-refractivity contribution in [1.82, 2.24) is 4.98 Å². The number of rotatable bonds is 5. The van der Waals surface area contributed by atoms with Crippen molar-refractivity contribution in [2.45, 2.75) is 18.7 Å². The average molecular weight is 383 g/mol. The minimum Gasteiger partial charge on any atom is -0.468 e. The smallest absolute Gasteiger partial charge is 0.422 e. The average Bonchev–Trinajstić information content (AvgIpc) is 3.11. The number of hydrogen-bond donors (Lipinski definition) is 1. The first kappa shape index (κ1) is 18.6. The van der Waals surface area contributed by atoms with Gasteiger partial charge in [0.1, 0.15) is 5.82 Å². The molecule has 1 aliphatic rings. The lowest BCUT2D eigenvalue weighted by Gasteiger charge is -2.11. The van der Waals surface area contributed by atoms with Crippen LogP contribution in [0.3, 0.4) is 0 Å². The Morgan fingerprint density at radius 2 is 2.11 bits per heavy atom. The fourth-order valence-electron chi connectivity index (χ4n) is 2.27. The van der Waals surface area contributed by atoms with Gasteiger partial charge < -0.3 is 14.9 Å². The van der Waals surface area contributed by atoms with Crippen molar-refractivity contribution in [2.75, 3.05) is 11.9 Å². The van der Waals surface area contributed by atoms with Gasteiger partial charge in [-0.05, 0) is 18.2 Å². The van der Waals surface area contributed by atoms with Crippen LogP contribution in [0.4, 0.5) is 23.2 Å². The summed E-state index contributed by atoms with van der Waals surface area (Å²) in [6.07, 6.45) is -4.07. The van der Waals surface area contributed by atoms with Gasteiger partial charge in [-0.25, -0.2) is 9.37 Å². The van der Waals surface area contributed by atoms with E-state index in [1.807, 2.05) is 0 Å². The molecule has 2 heterocycles. The van der Waals surface area contributed by atoms with E-state index in [9.17, 15) is 22.4 Å². The molecule has 0 fully saturated rings. The summed E-state index contributed by atoms with van der Waals surface area (Å²) in [6, 6.07) is 8.29. The van der Waals surface area contributed by atoms with Gasteiger partial charge in [-0.15, -0.1) is 0 Å². The predicted octanol–water partition coefficient (Wildman–Crippen LogP) is 3.29. The maximum absolute atomic E-state index is 13.3. The van der Waals surface area contributed by atoms with E-state index in [0.717, 1.165) is 6.20 Å². The summed E-state index contributed by atoms with van der Waals surface area (Å²) in [5, 5.41) is 6.31. The largest absolute Gasteiger partial charge is 0.468 e. The number of anilines is 1. The quantitative estimate of drug-likeness (QED) is 0.805. The maximum Gasteiger partial charge on any atom is 0.422 e. The molecule has 2 aromatic rings. The Balaban J connectivity index is 1.54. The van der Waals surface area contributed by atoms with E-state index in [2.05, 4.69) is 20.2 Å². The maximum atomic E-state index is 13.3. The number of aromatic nitrogens is 1. The van der Waals surface area contributed by atoms with Crippen molar-refractivity contribution in [1.29, 1.82) is 0 Å². The van der Waals surface area contributed by atoms with Crippen molar-refractivity contribution in [3.63, 3.8) is 0 Å². The highest BCUT2D eigenvalue weighted by atomic mass is 19.4. The topological polar surface area (TPSA) is 72.8 Å². The van der Waals surface area contributed by atoms with Gasteiger partial charge in [-0.1, -0.05) is 17.3 Å². The third-order valence-electron chi connectivity index (χ3n) is 3.51. The predicted molar refractivity (Wildman–Crippen MR) is 86.8 cm³/mol. The second-order valence-corrected chi connectivity index (χ2v) is 5.62. The van der Waals surface area contributed by atoms with E-state index in [4.69, 9.17) is 4.84 Å². The van der Waals surface area contributed by atoms with Gasteiger partial charge in [-0.2, -0.15) is 13.2 Å². The van der Waals surface area contributed by atoms with Crippen LogP contribution in [0.5, 0.6) is 5.88 Å². The third kappa shape index (κ3) is 5.16. The number of ether oxygens (including phenoxy) is 1. The fraction of sp³-hybridized carbons (Fsp3) is 0.235. The summed E-state index contributed by atoms with van der Waals surface area (Å²) in [5.74, 6) is -1.17. The summed E-state index contributed by atoms with van der Waals surface area (Å²) >= 11 is 0. The Morgan fingerprint density at radius 3 is 2.78 bits per heavy atom. The molecular weight excluding hydrogens is 370 g/mol. The van der Waals surface area contributed by atoms with Crippen molar-refractivity contribution in [3.8, 4) is 5.88 Å². The van der Waals surface area contributed by atoms with Gasteiger partial charge in [0.2, 0.25) is 12.0 Å². The molecule has 0 saturated heterocycles. The van der Waals surface area contributed by atoms with Gasteiger partial charge in [0.15, 0.2) is 6.61 Å². The van der Waals surface area contributed by atoms with Crippen molar-refractivity contribution in [3.05, 3.63) is 54.0 Å². The van der Waals surface area contributed by atoms with E-state index in [1.54, 1.807) is 6.07 Å². The van der Waals surface area contributed by atoms with Crippen LogP contribution >= 0.6 is 0 Å². The minimum atomic E-state index is -4.46. The number of nitrogens with one attached hydrogen (secondary N) is 1. The molecule has 6 nitrogen and oxygen atoms in total. The van der Waals surface area contributed by atoms with E-state index in [1.165, 1.54) is 30.3 Å². The molecule has 1 atom stereocenters. The highest BCUT2D eigenvalue weighted by Crippen LogP contribution is 2.20. The Morgan fingerprint density at radius 1 is 1.30 bits per heavy atom. The molecule has 10 heteroatoms. The van der Waals surface area contributed by atoms with Crippen LogP contribution in [0, 0.1) is 5.82 Å². The van der Waals surface area contributed by atoms with E-state index < -0.39 is 30.6 Å². The molecule has 3 rings (SSSR count). The fourth-order valence-corrected chi connectivity index (χ4v) is 2.27. The molecule has 27 heavy (non-hydrogen) atoms. The van der Waals surface area contributed by atoms with Crippen LogP contribution in [0.2, 0.25) is 0 Å². The molecule has 1 aromatic carbocycles. The molecule has 1 aliphatic heterocycles. The Hall–Kier alpha value is -3.17. The Kier molecular flexibility index (Phi) is 5.24. The molecular formula is C17H13F4N3O3. The number of carbonyl (C=O) groups excluding carboxylic acids is 1. The lowest BCUT2D eigenvalue weighted by atomic mass is 10.0. The number of nitrogens with zero attached hydrogens (tertiary/aromatic N) is 2. The van der Waals surface area contributed by atoms with Gasteiger partial charge in [0.05, 0.1) is 17.6 Å². The van der Waals surface area contributed by atoms with Gasteiger partial charge in [0.25, 0.3) is 5.91 Å². The number of carbonyl (C=O) groups is 1. The molecule has 0 radical (unpaired) electrons. The van der Waals surface area contributed by atoms with Crippen LogP contribution in [-0.4, -0.2) is 35.5 Å². The van der Waals surface area contributed by atoms with Crippen LogP contribution in [0.15, 0.2) is 47.8 Å². The lowest BCUT2D eigenvalue weighted by Crippen LogP contribution is -2.28. The van der Waals surface area contributed by atoms with Gasteiger partial charge in [0, 0.05) is 18.1 Å². The third-order valence-corrected chi connectivity index (χ3v) is 3.51. The van der Waals surface area contributed by atoms with Crippen molar-refractivity contribution in [2.24, 2.45) is 5.16 Å². The van der Waals surface area contributed by atoms with Crippen LogP contribution in [0.25, 0.3) is 0 Å². The zero-order valence-corrected chi connectivity index (χ0v) is 13.7. The number of pyridine rings is 1. The van der Waals surface area contributed by atoms with Crippen molar-refractivity contribution >= 4 is 17.3 Å². The van der Waals surface area contributed by atoms with E-state index in [-0.39, 0.29) is 18.0 Å². The molecule has 0 bridgehead atoms. The van der Waals surface area contributed by atoms with E-state index >= 15 is 0 Å². The highest BCUT2D eigenvalue weighted by Gasteiger charge is 2.30. The molecule has 1 aromatic heterocycles. The summed E-state index contributed by atoms with van der Waals surface area (Å²) < 4.78 is 54.0. The summed E-state index contributed by atoms with van der Waals surface area (Å²) in [6.45, 7) is -1.46. The molecule has 142 valence electrons. The zero-order chi connectivity index (χ0) is 19.4. The number of amides is 1. The number of benzene rings is 1. The monoisotopic (exact) mass is 383 g/mol. The van der Waals surface area contributed by atoms with E-state index in [0.29, 0.717) is 11.3 Å². The summed E-state index contributed by atoms with van der Waals surface area (Å²) in [4.78, 5) is 21.0. The second kappa shape index (κ2) is 7.60. The first-order valence-corrected chi connectivity index (χ1v) is 7.75. The van der Waals surface area contributed by atoms with Crippen LogP contribution in [-0.2, 0) is 9.63 Å². The highest BCUT2D eigenvalue weighted by molar-refractivity contribution is 6.06. The summed E-state index contributed by atoms with van der Waals surface area (Å²) in [5.41, 5.74) is 1.20. The standard InChI is InChI=1S/C17H13F4N3O3/c18-11-3-1-2-10(6-11)13-7-14(27-24-13)16(25)23-12-4-5-15(22-8-12)26-9-17(19,20)21/h1-6,8,14H,7,9H2,(H,23,25). The van der Waals surface area contributed by atoms with Crippen LogP contribution < -0.4 is 10.1 Å². The second-order valence-electron chi connectivity index (χ2n) is 5.62. The molecule has 0 spiro atoms. The van der Waals surface area contributed by atoms with Gasteiger partial charge >= 0.3 is 6.18 Å². The Labute approximate surface area is 150 Å². The lowest BCUT2D eigenvalue weighted by molar-refractivity contribution is -0.154. The number of oxime groups is 1. The zero-order valence-electron chi connectivity index (χ0n) is 13.7. The minimum absolute atomic E-state index is 0.148. The molecule has 0 aliphatic carbocycles. The number of halogens is 4. The van der Waals surface area contributed by atoms with Crippen molar-refractivity contribution < 1.29 is 31.9 Å². The molecule has 1 unspecified atom stereocenters. The number of hydrogen-bond acceptors (Lipinski definition) is 5. The van der Waals surface area contributed by atoms with Crippen LogP contribution in [0.1, 0.15) is 12.0 Å². The first-order chi connectivity index (χ1) is 12.8. The molecule has 0 saturated carbocycles. The normalized spacial score (nSPS) is 16.4. The summed E-state index contributed by atoms with van der Waals surface area (Å²) in [7, 11) is 0. The number of alkyl halides is 3. The van der Waals surface area contributed by atoms with Gasteiger partial charge in [-0.3, -0.25) is 4.79 Å². The molecule has 1 N–H and O–H groups in total. The molecule has 1 amide bonds. The first-order valence-electron chi connectivity index (χ1n) is 7.75. The Bertz CT molecular complexity index is 853.